The fourth-order valence-electron chi connectivity index (χ4n) is 2.62. The van der Waals surface area contributed by atoms with E-state index < -0.39 is 16.0 Å². The minimum atomic E-state index is -3.39. The van der Waals surface area contributed by atoms with E-state index >= 15 is 0 Å². The second-order valence-electron chi connectivity index (χ2n) is 4.97. The van der Waals surface area contributed by atoms with Crippen LogP contribution in [-0.2, 0) is 14.8 Å². The lowest BCUT2D eigenvalue weighted by molar-refractivity contribution is -0.136. The summed E-state index contributed by atoms with van der Waals surface area (Å²) in [5.41, 5.74) is 0.0935. The van der Waals surface area contributed by atoms with Crippen LogP contribution >= 0.6 is 0 Å². The van der Waals surface area contributed by atoms with Gasteiger partial charge in [-0.05, 0) is 24.8 Å². The van der Waals surface area contributed by atoms with Gasteiger partial charge >= 0.3 is 5.97 Å². The van der Waals surface area contributed by atoms with Crippen molar-refractivity contribution in [2.24, 2.45) is 5.41 Å². The van der Waals surface area contributed by atoms with E-state index in [1.165, 1.54) is 4.31 Å². The third-order valence-electron chi connectivity index (χ3n) is 3.70. The van der Waals surface area contributed by atoms with Crippen molar-refractivity contribution in [2.75, 3.05) is 31.9 Å². The Balaban J connectivity index is 1.97. The predicted molar refractivity (Wildman–Crippen MR) is 62.1 cm³/mol. The maximum atomic E-state index is 11.9. The quantitative estimate of drug-likeness (QED) is 0.711. The molecule has 2 rings (SSSR count). The van der Waals surface area contributed by atoms with Crippen LogP contribution in [0.15, 0.2) is 0 Å². The second kappa shape index (κ2) is 4.55. The SMILES string of the molecule is O=C(O)CCS(=O)(=O)N1CCC2(CCNC2)C1. The van der Waals surface area contributed by atoms with Crippen LogP contribution in [0, 0.1) is 5.41 Å². The van der Waals surface area contributed by atoms with Gasteiger partial charge in [0.05, 0.1) is 12.2 Å². The molecule has 2 fully saturated rings. The molecule has 0 bridgehead atoms. The van der Waals surface area contributed by atoms with E-state index in [-0.39, 0.29) is 17.6 Å². The summed E-state index contributed by atoms with van der Waals surface area (Å²) in [6.07, 6.45) is 1.58. The minimum Gasteiger partial charge on any atom is -0.481 e. The smallest absolute Gasteiger partial charge is 0.304 e. The first kappa shape index (κ1) is 12.8. The van der Waals surface area contributed by atoms with E-state index in [0.29, 0.717) is 13.1 Å². The van der Waals surface area contributed by atoms with Gasteiger partial charge in [-0.25, -0.2) is 12.7 Å². The predicted octanol–water partition coefficient (Wildman–Crippen LogP) is -0.524. The molecule has 7 heteroatoms. The summed E-state index contributed by atoms with van der Waals surface area (Å²) in [5, 5.41) is 11.8. The maximum Gasteiger partial charge on any atom is 0.304 e. The number of hydrogen-bond acceptors (Lipinski definition) is 4. The summed E-state index contributed by atoms with van der Waals surface area (Å²) in [6.45, 7) is 2.90. The summed E-state index contributed by atoms with van der Waals surface area (Å²) < 4.78 is 25.3. The molecule has 2 N–H and O–H groups in total. The van der Waals surface area contributed by atoms with E-state index in [1.54, 1.807) is 0 Å². The third kappa shape index (κ3) is 2.78. The monoisotopic (exact) mass is 262 g/mol. The van der Waals surface area contributed by atoms with Gasteiger partial charge in [-0.15, -0.1) is 0 Å². The molecule has 1 spiro atoms. The fourth-order valence-corrected chi connectivity index (χ4v) is 4.15. The van der Waals surface area contributed by atoms with Gasteiger partial charge in [0.25, 0.3) is 0 Å². The number of carbonyl (C=O) groups is 1. The van der Waals surface area contributed by atoms with Crippen molar-refractivity contribution < 1.29 is 18.3 Å². The highest BCUT2D eigenvalue weighted by atomic mass is 32.2. The Morgan fingerprint density at radius 2 is 2.18 bits per heavy atom. The largest absolute Gasteiger partial charge is 0.481 e. The molecule has 0 amide bonds. The highest BCUT2D eigenvalue weighted by Crippen LogP contribution is 2.37. The van der Waals surface area contributed by atoms with Crippen molar-refractivity contribution in [3.63, 3.8) is 0 Å². The van der Waals surface area contributed by atoms with Crippen molar-refractivity contribution in [2.45, 2.75) is 19.3 Å². The molecule has 0 aromatic rings. The van der Waals surface area contributed by atoms with Crippen molar-refractivity contribution in [1.82, 2.24) is 9.62 Å². The zero-order valence-corrected chi connectivity index (χ0v) is 10.5. The van der Waals surface area contributed by atoms with Crippen molar-refractivity contribution >= 4 is 16.0 Å². The van der Waals surface area contributed by atoms with Crippen molar-refractivity contribution in [3.8, 4) is 0 Å². The first-order valence-electron chi connectivity index (χ1n) is 5.84. The van der Waals surface area contributed by atoms with Crippen LogP contribution in [0.2, 0.25) is 0 Å². The average molecular weight is 262 g/mol. The number of nitrogens with zero attached hydrogens (tertiary/aromatic N) is 1. The van der Waals surface area contributed by atoms with Gasteiger partial charge in [-0.1, -0.05) is 0 Å². The molecule has 0 saturated carbocycles. The highest BCUT2D eigenvalue weighted by molar-refractivity contribution is 7.89. The van der Waals surface area contributed by atoms with E-state index in [2.05, 4.69) is 5.32 Å². The Morgan fingerprint density at radius 1 is 1.41 bits per heavy atom. The van der Waals surface area contributed by atoms with E-state index in [0.717, 1.165) is 25.9 Å². The molecule has 0 aromatic heterocycles. The highest BCUT2D eigenvalue weighted by Gasteiger charge is 2.43. The molecule has 6 nitrogen and oxygen atoms in total. The molecule has 0 aromatic carbocycles. The van der Waals surface area contributed by atoms with Gasteiger partial charge < -0.3 is 10.4 Å². The van der Waals surface area contributed by atoms with E-state index in [9.17, 15) is 13.2 Å². The zero-order valence-electron chi connectivity index (χ0n) is 9.68. The van der Waals surface area contributed by atoms with Crippen molar-refractivity contribution in [1.29, 1.82) is 0 Å². The topological polar surface area (TPSA) is 86.7 Å². The van der Waals surface area contributed by atoms with E-state index in [1.807, 2.05) is 0 Å². The molecule has 2 saturated heterocycles. The molecule has 17 heavy (non-hydrogen) atoms. The fraction of sp³-hybridized carbons (Fsp3) is 0.900. The molecule has 98 valence electrons. The van der Waals surface area contributed by atoms with Crippen LogP contribution in [0.1, 0.15) is 19.3 Å². The summed E-state index contributed by atoms with van der Waals surface area (Å²) >= 11 is 0. The van der Waals surface area contributed by atoms with Crippen LogP contribution in [0.3, 0.4) is 0 Å². The molecule has 1 unspecified atom stereocenters. The number of sulfonamides is 1. The average Bonchev–Trinajstić information content (AvgIpc) is 2.87. The molecule has 2 aliphatic heterocycles. The zero-order chi connectivity index (χ0) is 12.5. The Hall–Kier alpha value is -0.660. The lowest BCUT2D eigenvalue weighted by Crippen LogP contribution is -2.35. The van der Waals surface area contributed by atoms with Gasteiger partial charge in [-0.2, -0.15) is 0 Å². The molecule has 0 aliphatic carbocycles. The summed E-state index contributed by atoms with van der Waals surface area (Å²) in [5.74, 6) is -1.35. The Kier molecular flexibility index (Phi) is 3.42. The number of carboxylic acid groups (broad SMARTS) is 1. The van der Waals surface area contributed by atoms with Gasteiger partial charge in [-0.3, -0.25) is 4.79 Å². The Morgan fingerprint density at radius 3 is 2.76 bits per heavy atom. The number of carboxylic acids is 1. The Labute approximate surface area is 101 Å². The van der Waals surface area contributed by atoms with Crippen LogP contribution in [0.4, 0.5) is 0 Å². The molecule has 0 radical (unpaired) electrons. The third-order valence-corrected chi connectivity index (χ3v) is 5.52. The molecular weight excluding hydrogens is 244 g/mol. The molecule has 2 heterocycles. The van der Waals surface area contributed by atoms with Crippen LogP contribution < -0.4 is 5.32 Å². The first-order chi connectivity index (χ1) is 7.94. The maximum absolute atomic E-state index is 11.9. The molecule has 2 aliphatic rings. The second-order valence-corrected chi connectivity index (χ2v) is 7.06. The minimum absolute atomic E-state index is 0.0935. The van der Waals surface area contributed by atoms with Gasteiger partial charge in [0, 0.05) is 19.6 Å². The number of rotatable bonds is 4. The number of nitrogens with one attached hydrogen (secondary N) is 1. The van der Waals surface area contributed by atoms with E-state index in [4.69, 9.17) is 5.11 Å². The molecular formula is C10H18N2O4S. The van der Waals surface area contributed by atoms with Gasteiger partial charge in [0.1, 0.15) is 0 Å². The van der Waals surface area contributed by atoms with Gasteiger partial charge in [0.2, 0.25) is 10.0 Å². The van der Waals surface area contributed by atoms with Crippen LogP contribution in [-0.4, -0.2) is 55.7 Å². The molecule has 1 atom stereocenters. The first-order valence-corrected chi connectivity index (χ1v) is 7.45. The normalized spacial score (nSPS) is 30.1. The summed E-state index contributed by atoms with van der Waals surface area (Å²) in [7, 11) is -3.39. The van der Waals surface area contributed by atoms with Crippen molar-refractivity contribution in [3.05, 3.63) is 0 Å². The number of hydrogen-bond donors (Lipinski definition) is 2. The van der Waals surface area contributed by atoms with Crippen LogP contribution in [0.5, 0.6) is 0 Å². The summed E-state index contributed by atoms with van der Waals surface area (Å²) in [4.78, 5) is 10.4. The lowest BCUT2D eigenvalue weighted by Gasteiger charge is -2.22. The van der Waals surface area contributed by atoms with Crippen LogP contribution in [0.25, 0.3) is 0 Å². The standard InChI is InChI=1S/C10H18N2O4S/c13-9(14)1-6-17(15,16)12-5-3-10(8-12)2-4-11-7-10/h11H,1-8H2,(H,13,14). The summed E-state index contributed by atoms with van der Waals surface area (Å²) in [6, 6.07) is 0. The number of aliphatic carboxylic acids is 1. The Bertz CT molecular complexity index is 401. The van der Waals surface area contributed by atoms with Gasteiger partial charge in [0.15, 0.2) is 0 Å². The lowest BCUT2D eigenvalue weighted by atomic mass is 9.87.